The summed E-state index contributed by atoms with van der Waals surface area (Å²) in [6.07, 6.45) is 0.398. The van der Waals surface area contributed by atoms with Gasteiger partial charge in [-0.3, -0.25) is 0 Å². The van der Waals surface area contributed by atoms with Gasteiger partial charge >= 0.3 is 6.09 Å². The molecule has 1 rings (SSSR count). The molecule has 0 aromatic carbocycles. The van der Waals surface area contributed by atoms with E-state index >= 15 is 0 Å². The summed E-state index contributed by atoms with van der Waals surface area (Å²) in [5.41, 5.74) is 5.08. The van der Waals surface area contributed by atoms with Crippen LogP contribution in [0, 0.1) is 11.3 Å². The zero-order valence-electron chi connectivity index (χ0n) is 6.32. The Kier molecular flexibility index (Phi) is 2.82. The van der Waals surface area contributed by atoms with Gasteiger partial charge in [-0.05, 0) is 15.9 Å². The van der Waals surface area contributed by atoms with Crippen LogP contribution in [0.1, 0.15) is 5.56 Å². The summed E-state index contributed by atoms with van der Waals surface area (Å²) in [5, 5.41) is 8.60. The molecule has 6 heteroatoms. The van der Waals surface area contributed by atoms with Gasteiger partial charge in [0, 0.05) is 12.3 Å². The van der Waals surface area contributed by atoms with Gasteiger partial charge in [0.1, 0.15) is 6.07 Å². The van der Waals surface area contributed by atoms with E-state index in [0.717, 1.165) is 0 Å². The van der Waals surface area contributed by atoms with Crippen molar-refractivity contribution in [1.82, 2.24) is 4.98 Å². The van der Waals surface area contributed by atoms with E-state index < -0.39 is 6.09 Å². The summed E-state index contributed by atoms with van der Waals surface area (Å²) in [4.78, 5) is 14.0. The van der Waals surface area contributed by atoms with Crippen molar-refractivity contribution in [3.05, 3.63) is 22.3 Å². The Hall–Kier alpha value is -1.61. The van der Waals surface area contributed by atoms with Crippen LogP contribution in [-0.4, -0.2) is 11.1 Å². The van der Waals surface area contributed by atoms with Crippen LogP contribution in [0.25, 0.3) is 0 Å². The molecule has 0 saturated carbocycles. The predicted molar refractivity (Wildman–Crippen MR) is 46.9 cm³/mol. The Labute approximate surface area is 82.3 Å². The summed E-state index contributed by atoms with van der Waals surface area (Å²) in [5.74, 6) is 0.00671. The highest BCUT2D eigenvalue weighted by molar-refractivity contribution is 9.10. The fourth-order valence-corrected chi connectivity index (χ4v) is 0.970. The number of carbonyl (C=O) groups excluding carboxylic acids is 1. The van der Waals surface area contributed by atoms with Crippen molar-refractivity contribution in [2.75, 3.05) is 0 Å². The smallest absolute Gasteiger partial charge is 0.391 e. The van der Waals surface area contributed by atoms with E-state index in [2.05, 4.69) is 25.7 Å². The molecule has 0 radical (unpaired) electrons. The average Bonchev–Trinajstić information content (AvgIpc) is 2.07. The molecule has 1 aromatic heterocycles. The maximum atomic E-state index is 10.3. The van der Waals surface area contributed by atoms with E-state index in [1.165, 1.54) is 12.3 Å². The predicted octanol–water partition coefficient (Wildman–Crippen LogP) is 1.17. The minimum absolute atomic E-state index is 0.00671. The minimum atomic E-state index is -0.960. The quantitative estimate of drug-likeness (QED) is 0.800. The van der Waals surface area contributed by atoms with Gasteiger partial charge in [0.25, 0.3) is 0 Å². The number of nitrogens with zero attached hydrogens (tertiary/aromatic N) is 2. The molecule has 0 aliphatic heterocycles. The van der Waals surface area contributed by atoms with Gasteiger partial charge < -0.3 is 10.5 Å². The second-order valence-electron chi connectivity index (χ2n) is 2.04. The molecule has 0 aliphatic carbocycles. The summed E-state index contributed by atoms with van der Waals surface area (Å²) >= 11 is 3.10. The van der Waals surface area contributed by atoms with E-state index in [1.807, 2.05) is 6.07 Å². The highest BCUT2D eigenvalue weighted by Crippen LogP contribution is 2.18. The number of carbonyl (C=O) groups is 1. The molecular weight excluding hydrogens is 238 g/mol. The molecule has 0 saturated heterocycles. The molecule has 1 aromatic rings. The summed E-state index contributed by atoms with van der Waals surface area (Å²) in [7, 11) is 0. The average molecular weight is 242 g/mol. The van der Waals surface area contributed by atoms with Crippen LogP contribution in [-0.2, 0) is 0 Å². The lowest BCUT2D eigenvalue weighted by Crippen LogP contribution is -2.16. The number of halogens is 1. The third-order valence-electron chi connectivity index (χ3n) is 1.16. The van der Waals surface area contributed by atoms with Crippen molar-refractivity contribution in [3.63, 3.8) is 0 Å². The molecular formula is C7H4BrN3O2. The monoisotopic (exact) mass is 241 g/mol. The van der Waals surface area contributed by atoms with Crippen LogP contribution in [0.15, 0.2) is 16.7 Å². The van der Waals surface area contributed by atoms with Crippen LogP contribution in [0.5, 0.6) is 5.88 Å². The van der Waals surface area contributed by atoms with Gasteiger partial charge in [-0.25, -0.2) is 9.78 Å². The lowest BCUT2D eigenvalue weighted by Gasteiger charge is -1.99. The Bertz CT molecular complexity index is 386. The van der Waals surface area contributed by atoms with Crippen LogP contribution in [0.2, 0.25) is 0 Å². The molecule has 0 bridgehead atoms. The molecule has 66 valence electrons. The number of amides is 1. The largest absolute Gasteiger partial charge is 0.411 e. The van der Waals surface area contributed by atoms with Gasteiger partial charge in [-0.15, -0.1) is 0 Å². The lowest BCUT2D eigenvalue weighted by molar-refractivity contribution is 0.209. The Morgan fingerprint density at radius 3 is 3.00 bits per heavy atom. The lowest BCUT2D eigenvalue weighted by atomic mass is 10.3. The zero-order chi connectivity index (χ0) is 9.84. The second-order valence-corrected chi connectivity index (χ2v) is 2.89. The van der Waals surface area contributed by atoms with Gasteiger partial charge in [-0.2, -0.15) is 5.26 Å². The fourth-order valence-electron chi connectivity index (χ4n) is 0.664. The molecule has 0 unspecified atom stereocenters. The third-order valence-corrected chi connectivity index (χ3v) is 1.79. The number of primary amides is 1. The summed E-state index contributed by atoms with van der Waals surface area (Å²) in [6.45, 7) is 0. The fraction of sp³-hybridized carbons (Fsp3) is 0. The number of nitrogens with two attached hydrogens (primary N) is 1. The van der Waals surface area contributed by atoms with E-state index in [9.17, 15) is 4.79 Å². The standard InChI is InChI=1S/C7H4BrN3O2/c8-5-3-11-6(13-7(10)12)1-4(5)2-9/h1,3H,(H2,10,12). The van der Waals surface area contributed by atoms with Gasteiger partial charge in [0.05, 0.1) is 10.0 Å². The third kappa shape index (κ3) is 2.42. The number of aromatic nitrogens is 1. The van der Waals surface area contributed by atoms with Crippen LogP contribution >= 0.6 is 15.9 Å². The Morgan fingerprint density at radius 1 is 1.77 bits per heavy atom. The summed E-state index contributed by atoms with van der Waals surface area (Å²) in [6, 6.07) is 3.20. The Morgan fingerprint density at radius 2 is 2.46 bits per heavy atom. The van der Waals surface area contributed by atoms with E-state index in [4.69, 9.17) is 11.0 Å². The molecule has 0 spiro atoms. The maximum Gasteiger partial charge on any atom is 0.411 e. The highest BCUT2D eigenvalue weighted by Gasteiger charge is 2.04. The van der Waals surface area contributed by atoms with Crippen molar-refractivity contribution in [2.24, 2.45) is 5.73 Å². The van der Waals surface area contributed by atoms with Crippen molar-refractivity contribution in [2.45, 2.75) is 0 Å². The number of ether oxygens (including phenoxy) is 1. The number of nitriles is 1. The number of pyridine rings is 1. The number of hydrogen-bond acceptors (Lipinski definition) is 4. The van der Waals surface area contributed by atoms with E-state index in [0.29, 0.717) is 10.0 Å². The van der Waals surface area contributed by atoms with Crippen molar-refractivity contribution < 1.29 is 9.53 Å². The zero-order valence-corrected chi connectivity index (χ0v) is 7.91. The minimum Gasteiger partial charge on any atom is -0.391 e. The van der Waals surface area contributed by atoms with Crippen LogP contribution in [0.4, 0.5) is 4.79 Å². The Balaban J connectivity index is 3.01. The van der Waals surface area contributed by atoms with Crippen molar-refractivity contribution in [3.8, 4) is 11.9 Å². The first-order chi connectivity index (χ1) is 6.13. The van der Waals surface area contributed by atoms with Gasteiger partial charge in [0.2, 0.25) is 5.88 Å². The first-order valence-corrected chi connectivity index (χ1v) is 3.95. The van der Waals surface area contributed by atoms with E-state index in [-0.39, 0.29) is 5.88 Å². The normalized spacial score (nSPS) is 8.92. The van der Waals surface area contributed by atoms with Crippen molar-refractivity contribution >= 4 is 22.0 Å². The molecule has 2 N–H and O–H groups in total. The first-order valence-electron chi connectivity index (χ1n) is 3.16. The molecule has 1 heterocycles. The van der Waals surface area contributed by atoms with Crippen LogP contribution < -0.4 is 10.5 Å². The molecule has 5 nitrogen and oxygen atoms in total. The first kappa shape index (κ1) is 9.48. The number of rotatable bonds is 1. The molecule has 1 amide bonds. The SMILES string of the molecule is N#Cc1cc(OC(N)=O)ncc1Br. The highest BCUT2D eigenvalue weighted by atomic mass is 79.9. The summed E-state index contributed by atoms with van der Waals surface area (Å²) < 4.78 is 5.00. The molecule has 13 heavy (non-hydrogen) atoms. The van der Waals surface area contributed by atoms with Crippen molar-refractivity contribution in [1.29, 1.82) is 5.26 Å². The van der Waals surface area contributed by atoms with Crippen LogP contribution in [0.3, 0.4) is 0 Å². The number of hydrogen-bond donors (Lipinski definition) is 1. The molecule has 0 atom stereocenters. The molecule has 0 aliphatic rings. The van der Waals surface area contributed by atoms with Gasteiger partial charge in [-0.1, -0.05) is 0 Å². The maximum absolute atomic E-state index is 10.3. The topological polar surface area (TPSA) is 89.0 Å². The second kappa shape index (κ2) is 3.87. The van der Waals surface area contributed by atoms with Gasteiger partial charge in [0.15, 0.2) is 0 Å². The molecule has 0 fully saturated rings. The van der Waals surface area contributed by atoms with E-state index in [1.54, 1.807) is 0 Å².